The second-order valence-electron chi connectivity index (χ2n) is 6.56. The van der Waals surface area contributed by atoms with Crippen molar-refractivity contribution in [3.63, 3.8) is 0 Å². The molecule has 1 heterocycles. The summed E-state index contributed by atoms with van der Waals surface area (Å²) in [7, 11) is 0. The van der Waals surface area contributed by atoms with E-state index in [4.69, 9.17) is 0 Å². The Kier molecular flexibility index (Phi) is 5.81. The Bertz CT molecular complexity index is 290. The molecule has 1 saturated heterocycles. The molecule has 1 unspecified atom stereocenters. The molecule has 1 aliphatic rings. The number of carbonyl (C=O) groups is 1. The van der Waals surface area contributed by atoms with Gasteiger partial charge in [0.15, 0.2) is 0 Å². The van der Waals surface area contributed by atoms with E-state index < -0.39 is 0 Å². The van der Waals surface area contributed by atoms with E-state index in [2.05, 4.69) is 38.3 Å². The smallest absolute Gasteiger partial charge is 0.237 e. The monoisotopic (exact) mass is 270 g/mol. The Morgan fingerprint density at radius 3 is 2.53 bits per heavy atom. The number of nitrogens with one attached hydrogen (secondary N) is 2. The highest BCUT2D eigenvalue weighted by molar-refractivity contribution is 5.82. The molecule has 0 aromatic heterocycles. The van der Waals surface area contributed by atoms with Crippen molar-refractivity contribution in [3.05, 3.63) is 0 Å². The molecule has 0 saturated carbocycles. The molecule has 1 atom stereocenters. The van der Waals surface area contributed by atoms with Gasteiger partial charge in [-0.05, 0) is 37.6 Å². The third-order valence-electron chi connectivity index (χ3n) is 4.86. The fourth-order valence-electron chi connectivity index (χ4n) is 2.81. The van der Waals surface area contributed by atoms with Crippen molar-refractivity contribution < 1.29 is 9.90 Å². The number of carbonyl (C=O) groups excluding carboxylic acids is 1. The molecule has 0 radical (unpaired) electrons. The molecule has 1 fully saturated rings. The summed E-state index contributed by atoms with van der Waals surface area (Å²) >= 11 is 0. The number of aliphatic hydroxyl groups excluding tert-OH is 1. The highest BCUT2D eigenvalue weighted by Gasteiger charge is 2.37. The molecule has 1 rings (SSSR count). The van der Waals surface area contributed by atoms with Crippen LogP contribution in [-0.2, 0) is 4.79 Å². The Morgan fingerprint density at radius 2 is 2.05 bits per heavy atom. The van der Waals surface area contributed by atoms with E-state index in [1.54, 1.807) is 0 Å². The van der Waals surface area contributed by atoms with Crippen LogP contribution in [0.25, 0.3) is 0 Å². The topological polar surface area (TPSA) is 61.4 Å². The molecule has 0 aromatic carbocycles. The van der Waals surface area contributed by atoms with Gasteiger partial charge in [-0.1, -0.05) is 27.7 Å². The van der Waals surface area contributed by atoms with E-state index in [-0.39, 0.29) is 29.4 Å². The Morgan fingerprint density at radius 1 is 1.42 bits per heavy atom. The van der Waals surface area contributed by atoms with Crippen LogP contribution in [0.3, 0.4) is 0 Å². The number of hydrogen-bond acceptors (Lipinski definition) is 3. The van der Waals surface area contributed by atoms with Crippen LogP contribution in [0.15, 0.2) is 0 Å². The van der Waals surface area contributed by atoms with Crippen LogP contribution >= 0.6 is 0 Å². The summed E-state index contributed by atoms with van der Waals surface area (Å²) in [6.07, 6.45) is 3.95. The summed E-state index contributed by atoms with van der Waals surface area (Å²) in [5, 5.41) is 15.9. The number of piperidine rings is 1. The Labute approximate surface area is 117 Å². The third-order valence-corrected chi connectivity index (χ3v) is 4.86. The summed E-state index contributed by atoms with van der Waals surface area (Å²) in [5.74, 6) is 0.0735. The fourth-order valence-corrected chi connectivity index (χ4v) is 2.81. The first-order valence-corrected chi connectivity index (χ1v) is 7.53. The molecule has 0 aromatic rings. The van der Waals surface area contributed by atoms with Crippen LogP contribution in [0, 0.1) is 10.8 Å². The molecule has 4 heteroatoms. The Hall–Kier alpha value is -0.610. The number of aliphatic hydroxyl groups is 1. The lowest BCUT2D eigenvalue weighted by Crippen LogP contribution is -2.56. The van der Waals surface area contributed by atoms with Gasteiger partial charge in [0.1, 0.15) is 0 Å². The first kappa shape index (κ1) is 16.4. The zero-order chi connectivity index (χ0) is 14.5. The van der Waals surface area contributed by atoms with Crippen molar-refractivity contribution in [2.75, 3.05) is 19.7 Å². The Balaban J connectivity index is 2.59. The standard InChI is InChI=1S/C15H30N2O2/c1-5-15(6-2,11-18)10-17-13(19)12-14(3,4)8-7-9-16-12/h12,16,18H,5-11H2,1-4H3,(H,17,19). The van der Waals surface area contributed by atoms with Crippen molar-refractivity contribution in [2.45, 2.75) is 59.4 Å². The maximum Gasteiger partial charge on any atom is 0.237 e. The minimum atomic E-state index is -0.172. The highest BCUT2D eigenvalue weighted by Crippen LogP contribution is 2.30. The van der Waals surface area contributed by atoms with Gasteiger partial charge in [-0.15, -0.1) is 0 Å². The summed E-state index contributed by atoms with van der Waals surface area (Å²) in [6.45, 7) is 10.0. The van der Waals surface area contributed by atoms with Gasteiger partial charge in [-0.25, -0.2) is 0 Å². The lowest BCUT2D eigenvalue weighted by molar-refractivity contribution is -0.127. The minimum absolute atomic E-state index is 0.00262. The number of rotatable bonds is 6. The fraction of sp³-hybridized carbons (Fsp3) is 0.933. The van der Waals surface area contributed by atoms with Gasteiger partial charge in [-0.3, -0.25) is 4.79 Å². The van der Waals surface area contributed by atoms with Crippen LogP contribution in [0.4, 0.5) is 0 Å². The van der Waals surface area contributed by atoms with Crippen molar-refractivity contribution >= 4 is 5.91 Å². The van der Waals surface area contributed by atoms with Crippen molar-refractivity contribution in [3.8, 4) is 0 Å². The van der Waals surface area contributed by atoms with Crippen molar-refractivity contribution in [2.24, 2.45) is 10.8 Å². The maximum atomic E-state index is 12.4. The van der Waals surface area contributed by atoms with Crippen molar-refractivity contribution in [1.29, 1.82) is 0 Å². The van der Waals surface area contributed by atoms with Crippen LogP contribution < -0.4 is 10.6 Å². The number of amides is 1. The van der Waals surface area contributed by atoms with Crippen LogP contribution in [0.1, 0.15) is 53.4 Å². The molecule has 1 amide bonds. The van der Waals surface area contributed by atoms with E-state index in [1.807, 2.05) is 0 Å². The van der Waals surface area contributed by atoms with Crippen LogP contribution in [0.5, 0.6) is 0 Å². The lowest BCUT2D eigenvalue weighted by Gasteiger charge is -2.39. The summed E-state index contributed by atoms with van der Waals surface area (Å²) in [4.78, 5) is 12.4. The first-order valence-electron chi connectivity index (χ1n) is 7.53. The van der Waals surface area contributed by atoms with E-state index in [0.29, 0.717) is 6.54 Å². The second-order valence-corrected chi connectivity index (χ2v) is 6.56. The average Bonchev–Trinajstić information content (AvgIpc) is 2.40. The van der Waals surface area contributed by atoms with Gasteiger partial charge >= 0.3 is 0 Å². The molecule has 3 N–H and O–H groups in total. The van der Waals surface area contributed by atoms with E-state index in [1.165, 1.54) is 0 Å². The van der Waals surface area contributed by atoms with Gasteiger partial charge in [-0.2, -0.15) is 0 Å². The molecular formula is C15H30N2O2. The first-order chi connectivity index (χ1) is 8.90. The molecule has 1 aliphatic heterocycles. The SMILES string of the molecule is CCC(CC)(CO)CNC(=O)C1NCCCC1(C)C. The minimum Gasteiger partial charge on any atom is -0.396 e. The zero-order valence-electron chi connectivity index (χ0n) is 12.9. The molecule has 0 bridgehead atoms. The summed E-state index contributed by atoms with van der Waals surface area (Å²) in [6, 6.07) is -0.119. The van der Waals surface area contributed by atoms with Gasteiger partial charge in [0.05, 0.1) is 12.6 Å². The second kappa shape index (κ2) is 6.71. The molecule has 0 aliphatic carbocycles. The zero-order valence-corrected chi connectivity index (χ0v) is 12.9. The summed E-state index contributed by atoms with van der Waals surface area (Å²) in [5.41, 5.74) is -0.170. The van der Waals surface area contributed by atoms with Crippen LogP contribution in [0.2, 0.25) is 0 Å². The molecular weight excluding hydrogens is 240 g/mol. The van der Waals surface area contributed by atoms with Gasteiger partial charge in [0.25, 0.3) is 0 Å². The molecule has 0 spiro atoms. The van der Waals surface area contributed by atoms with Crippen molar-refractivity contribution in [1.82, 2.24) is 10.6 Å². The highest BCUT2D eigenvalue weighted by atomic mass is 16.3. The predicted molar refractivity (Wildman–Crippen MR) is 77.9 cm³/mol. The largest absolute Gasteiger partial charge is 0.396 e. The van der Waals surface area contributed by atoms with Gasteiger partial charge < -0.3 is 15.7 Å². The quantitative estimate of drug-likeness (QED) is 0.688. The molecule has 112 valence electrons. The van der Waals surface area contributed by atoms with E-state index in [0.717, 1.165) is 32.2 Å². The van der Waals surface area contributed by atoms with Crippen LogP contribution in [-0.4, -0.2) is 36.8 Å². The summed E-state index contributed by atoms with van der Waals surface area (Å²) < 4.78 is 0. The number of hydrogen-bond donors (Lipinski definition) is 3. The third kappa shape index (κ3) is 3.93. The van der Waals surface area contributed by atoms with Gasteiger partial charge in [0, 0.05) is 12.0 Å². The van der Waals surface area contributed by atoms with E-state index >= 15 is 0 Å². The predicted octanol–water partition coefficient (Wildman–Crippen LogP) is 1.68. The average molecular weight is 270 g/mol. The van der Waals surface area contributed by atoms with E-state index in [9.17, 15) is 9.90 Å². The molecule has 4 nitrogen and oxygen atoms in total. The lowest BCUT2D eigenvalue weighted by atomic mass is 9.77. The molecule has 19 heavy (non-hydrogen) atoms. The normalized spacial score (nSPS) is 23.1. The maximum absolute atomic E-state index is 12.4. The van der Waals surface area contributed by atoms with Gasteiger partial charge in [0.2, 0.25) is 5.91 Å².